The Hall–Kier alpha value is -3.42. The maximum Gasteiger partial charge on any atom is 0.414 e. The number of nitriles is 1. The molecule has 8 nitrogen and oxygen atoms in total. The van der Waals surface area contributed by atoms with E-state index in [0.29, 0.717) is 37.3 Å². The number of benzene rings is 2. The second-order valence-corrected chi connectivity index (χ2v) is 10.1. The SMILES string of the molecule is Cc1ccc(S(=O)(=O)NC[C@@H]2CN(c3ccc(N4CCC(=CC#N)CC4)c(F)c3)C(=O)O2)cc1. The van der Waals surface area contributed by atoms with Crippen molar-refractivity contribution >= 4 is 27.5 Å². The smallest absolute Gasteiger partial charge is 0.414 e. The third-order valence-corrected chi connectivity index (χ3v) is 7.40. The number of halogens is 1. The molecule has 2 aromatic rings. The number of nitrogens with one attached hydrogen (secondary N) is 1. The second kappa shape index (κ2) is 9.83. The van der Waals surface area contributed by atoms with Gasteiger partial charge in [-0.25, -0.2) is 22.3 Å². The number of piperidine rings is 1. The zero-order valence-electron chi connectivity index (χ0n) is 18.7. The Kier molecular flexibility index (Phi) is 6.86. The number of sulfonamides is 1. The van der Waals surface area contributed by atoms with Crippen molar-refractivity contribution in [2.45, 2.75) is 30.8 Å². The van der Waals surface area contributed by atoms with Crippen molar-refractivity contribution in [2.24, 2.45) is 0 Å². The number of aryl methyl sites for hydroxylation is 1. The Morgan fingerprint density at radius 3 is 2.56 bits per heavy atom. The van der Waals surface area contributed by atoms with Crippen LogP contribution in [0, 0.1) is 24.1 Å². The van der Waals surface area contributed by atoms with Gasteiger partial charge in [0, 0.05) is 25.7 Å². The first-order chi connectivity index (χ1) is 16.3. The van der Waals surface area contributed by atoms with Crippen molar-refractivity contribution < 1.29 is 22.3 Å². The summed E-state index contributed by atoms with van der Waals surface area (Å²) in [4.78, 5) is 15.7. The van der Waals surface area contributed by atoms with Gasteiger partial charge in [-0.1, -0.05) is 23.3 Å². The molecular weight excluding hydrogens is 459 g/mol. The fraction of sp³-hybridized carbons (Fsp3) is 0.333. The van der Waals surface area contributed by atoms with Gasteiger partial charge in [0.05, 0.1) is 28.9 Å². The molecule has 0 spiro atoms. The molecule has 2 heterocycles. The molecule has 0 unspecified atom stereocenters. The average molecular weight is 485 g/mol. The molecule has 0 radical (unpaired) electrons. The van der Waals surface area contributed by atoms with E-state index in [-0.39, 0.29) is 18.0 Å². The molecular formula is C24H25FN4O4S. The van der Waals surface area contributed by atoms with Crippen molar-refractivity contribution in [3.8, 4) is 6.07 Å². The first-order valence-corrected chi connectivity index (χ1v) is 12.4. The van der Waals surface area contributed by atoms with Gasteiger partial charge in [0.2, 0.25) is 10.0 Å². The van der Waals surface area contributed by atoms with E-state index in [1.165, 1.54) is 23.1 Å². The summed E-state index contributed by atoms with van der Waals surface area (Å²) >= 11 is 0. The van der Waals surface area contributed by atoms with Gasteiger partial charge in [0.15, 0.2) is 0 Å². The van der Waals surface area contributed by atoms with E-state index in [1.54, 1.807) is 30.3 Å². The van der Waals surface area contributed by atoms with Crippen molar-refractivity contribution in [1.29, 1.82) is 5.26 Å². The van der Waals surface area contributed by atoms with E-state index in [1.807, 2.05) is 17.9 Å². The first kappa shape index (κ1) is 23.7. The standard InChI is InChI=1S/C24H25FN4O4S/c1-17-2-5-21(6-3-17)34(31,32)27-15-20-16-29(24(30)33-20)19-4-7-23(22(25)14-19)28-12-9-18(8-11-26)10-13-28/h2-8,14,20,27H,9-10,12-13,15-16H2,1H3/t20-/m1/s1. The number of hydrogen-bond acceptors (Lipinski definition) is 6. The predicted octanol–water partition coefficient (Wildman–Crippen LogP) is 3.49. The van der Waals surface area contributed by atoms with Crippen molar-refractivity contribution in [3.05, 3.63) is 65.5 Å². The molecule has 2 aromatic carbocycles. The first-order valence-electron chi connectivity index (χ1n) is 10.9. The van der Waals surface area contributed by atoms with Crippen LogP contribution in [-0.4, -0.2) is 46.8 Å². The summed E-state index contributed by atoms with van der Waals surface area (Å²) in [5.74, 6) is -0.457. The average Bonchev–Trinajstić information content (AvgIpc) is 3.19. The van der Waals surface area contributed by atoms with Crippen LogP contribution < -0.4 is 14.5 Å². The maximum atomic E-state index is 14.9. The van der Waals surface area contributed by atoms with Crippen LogP contribution in [0.25, 0.3) is 0 Å². The Morgan fingerprint density at radius 2 is 1.91 bits per heavy atom. The van der Waals surface area contributed by atoms with Crippen molar-refractivity contribution in [1.82, 2.24) is 4.72 Å². The highest BCUT2D eigenvalue weighted by molar-refractivity contribution is 7.89. The summed E-state index contributed by atoms with van der Waals surface area (Å²) in [5.41, 5.74) is 2.78. The van der Waals surface area contributed by atoms with Crippen LogP contribution >= 0.6 is 0 Å². The number of anilines is 2. The third-order valence-electron chi connectivity index (χ3n) is 5.96. The van der Waals surface area contributed by atoms with Gasteiger partial charge in [-0.05, 0) is 50.1 Å². The number of amides is 1. The molecule has 2 aliphatic rings. The number of hydrogen-bond donors (Lipinski definition) is 1. The van der Waals surface area contributed by atoms with E-state index < -0.39 is 28.0 Å². The Labute approximate surface area is 198 Å². The van der Waals surface area contributed by atoms with E-state index in [9.17, 15) is 17.6 Å². The van der Waals surface area contributed by atoms with Gasteiger partial charge in [-0.15, -0.1) is 0 Å². The Bertz CT molecular complexity index is 1240. The molecule has 178 valence electrons. The number of rotatable bonds is 6. The fourth-order valence-electron chi connectivity index (χ4n) is 4.03. The van der Waals surface area contributed by atoms with Gasteiger partial charge in [0.25, 0.3) is 0 Å². The monoisotopic (exact) mass is 484 g/mol. The molecule has 1 amide bonds. The molecule has 0 bridgehead atoms. The summed E-state index contributed by atoms with van der Waals surface area (Å²) in [7, 11) is -3.74. The van der Waals surface area contributed by atoms with Crippen LogP contribution in [0.5, 0.6) is 0 Å². The largest absolute Gasteiger partial charge is 0.443 e. The molecule has 1 N–H and O–H groups in total. The van der Waals surface area contributed by atoms with E-state index in [4.69, 9.17) is 10.00 Å². The lowest BCUT2D eigenvalue weighted by molar-refractivity contribution is 0.143. The summed E-state index contributed by atoms with van der Waals surface area (Å²) < 4.78 is 47.6. The number of carbonyl (C=O) groups is 1. The predicted molar refractivity (Wildman–Crippen MR) is 126 cm³/mol. The lowest BCUT2D eigenvalue weighted by atomic mass is 10.0. The topological polar surface area (TPSA) is 103 Å². The number of ether oxygens (including phenoxy) is 1. The molecule has 2 fully saturated rings. The molecule has 34 heavy (non-hydrogen) atoms. The van der Waals surface area contributed by atoms with Crippen LogP contribution in [0.1, 0.15) is 18.4 Å². The zero-order chi connectivity index (χ0) is 24.3. The maximum absolute atomic E-state index is 14.9. The van der Waals surface area contributed by atoms with Crippen molar-refractivity contribution in [3.63, 3.8) is 0 Å². The summed E-state index contributed by atoms with van der Waals surface area (Å²) in [6, 6.07) is 13.0. The summed E-state index contributed by atoms with van der Waals surface area (Å²) in [6.07, 6.45) is 1.59. The molecule has 4 rings (SSSR count). The minimum Gasteiger partial charge on any atom is -0.443 e. The number of allylic oxidation sites excluding steroid dienone is 1. The molecule has 1 atom stereocenters. The van der Waals surface area contributed by atoms with Gasteiger partial charge in [-0.3, -0.25) is 4.90 Å². The third kappa shape index (κ3) is 5.21. The zero-order valence-corrected chi connectivity index (χ0v) is 19.5. The number of carbonyl (C=O) groups excluding carboxylic acids is 1. The van der Waals surface area contributed by atoms with Crippen LogP contribution in [0.3, 0.4) is 0 Å². The summed E-state index contributed by atoms with van der Waals surface area (Å²) in [5, 5.41) is 8.78. The minimum absolute atomic E-state index is 0.0919. The molecule has 2 saturated heterocycles. The highest BCUT2D eigenvalue weighted by atomic mass is 32.2. The van der Waals surface area contributed by atoms with E-state index in [2.05, 4.69) is 4.72 Å². The highest BCUT2D eigenvalue weighted by Gasteiger charge is 2.34. The lowest BCUT2D eigenvalue weighted by Crippen LogP contribution is -2.34. The van der Waals surface area contributed by atoms with E-state index >= 15 is 0 Å². The fourth-order valence-corrected chi connectivity index (χ4v) is 5.10. The molecule has 0 aliphatic carbocycles. The molecule has 10 heteroatoms. The van der Waals surface area contributed by atoms with Gasteiger partial charge in [-0.2, -0.15) is 5.26 Å². The van der Waals surface area contributed by atoms with E-state index in [0.717, 1.165) is 11.1 Å². The molecule has 0 saturated carbocycles. The summed E-state index contributed by atoms with van der Waals surface area (Å²) in [6.45, 7) is 3.09. The number of nitrogens with zero attached hydrogens (tertiary/aromatic N) is 3. The normalized spacial score (nSPS) is 18.6. The second-order valence-electron chi connectivity index (χ2n) is 8.34. The highest BCUT2D eigenvalue weighted by Crippen LogP contribution is 2.30. The van der Waals surface area contributed by atoms with Gasteiger partial charge >= 0.3 is 6.09 Å². The minimum atomic E-state index is -3.74. The van der Waals surface area contributed by atoms with Crippen LogP contribution in [0.15, 0.2) is 59.0 Å². The molecule has 0 aromatic heterocycles. The quantitative estimate of drug-likeness (QED) is 0.630. The van der Waals surface area contributed by atoms with Gasteiger partial charge < -0.3 is 9.64 Å². The van der Waals surface area contributed by atoms with Crippen LogP contribution in [-0.2, 0) is 14.8 Å². The van der Waals surface area contributed by atoms with Crippen molar-refractivity contribution in [2.75, 3.05) is 36.0 Å². The van der Waals surface area contributed by atoms with Crippen LogP contribution in [0.2, 0.25) is 0 Å². The Balaban J connectivity index is 1.38. The lowest BCUT2D eigenvalue weighted by Gasteiger charge is -2.30. The number of cyclic esters (lactones) is 1. The Morgan fingerprint density at radius 1 is 1.21 bits per heavy atom. The van der Waals surface area contributed by atoms with Crippen LogP contribution in [0.4, 0.5) is 20.6 Å². The van der Waals surface area contributed by atoms with Gasteiger partial charge in [0.1, 0.15) is 11.9 Å². The molecule has 2 aliphatic heterocycles.